The molecule has 22 heavy (non-hydrogen) atoms. The topological polar surface area (TPSA) is 46.1 Å². The smallest absolute Gasteiger partial charge is 0.226 e. The molecule has 0 unspecified atom stereocenters. The van der Waals surface area contributed by atoms with Crippen LogP contribution in [0, 0.1) is 0 Å². The van der Waals surface area contributed by atoms with Crippen molar-refractivity contribution < 1.29 is 4.79 Å². The van der Waals surface area contributed by atoms with Gasteiger partial charge in [0.25, 0.3) is 0 Å². The van der Waals surface area contributed by atoms with E-state index in [4.69, 9.17) is 0 Å². The molecule has 0 aliphatic rings. The molecule has 0 atom stereocenters. The summed E-state index contributed by atoms with van der Waals surface area (Å²) in [6, 6.07) is 19.7. The normalized spacial score (nSPS) is 10.4. The van der Waals surface area contributed by atoms with Crippen LogP contribution in [-0.2, 0) is 11.3 Å². The molecule has 0 aliphatic carbocycles. The fourth-order valence-electron chi connectivity index (χ4n) is 2.10. The molecule has 0 radical (unpaired) electrons. The van der Waals surface area contributed by atoms with Crippen LogP contribution in [0.15, 0.2) is 60.7 Å². The number of aromatic nitrogens is 2. The van der Waals surface area contributed by atoms with Crippen LogP contribution in [0.3, 0.4) is 0 Å². The molecule has 1 amide bonds. The third-order valence-electron chi connectivity index (χ3n) is 3.23. The first-order valence-electron chi connectivity index (χ1n) is 6.95. The lowest BCUT2D eigenvalue weighted by atomic mass is 10.2. The molecule has 1 aromatic heterocycles. The molecule has 0 aliphatic heterocycles. The van der Waals surface area contributed by atoms with Crippen molar-refractivity contribution in [1.29, 1.82) is 0 Å². The van der Waals surface area contributed by atoms with Crippen molar-refractivity contribution >= 4 is 22.4 Å². The lowest BCUT2D eigenvalue weighted by Gasteiger charge is -2.17. The van der Waals surface area contributed by atoms with E-state index in [1.807, 2.05) is 60.7 Å². The first-order valence-corrected chi connectivity index (χ1v) is 7.76. The van der Waals surface area contributed by atoms with E-state index in [-0.39, 0.29) is 5.91 Å². The number of carbonyl (C=O) groups is 1. The molecule has 110 valence electrons. The quantitative estimate of drug-likeness (QED) is 0.737. The van der Waals surface area contributed by atoms with Gasteiger partial charge in [-0.15, -0.1) is 10.2 Å². The van der Waals surface area contributed by atoms with Gasteiger partial charge in [-0.3, -0.25) is 9.69 Å². The van der Waals surface area contributed by atoms with Crippen molar-refractivity contribution in [2.75, 3.05) is 4.90 Å². The molecular formula is C17H15N3OS. The van der Waals surface area contributed by atoms with E-state index in [9.17, 15) is 4.79 Å². The molecule has 0 saturated carbocycles. The Bertz CT molecular complexity index is 756. The highest BCUT2D eigenvalue weighted by Crippen LogP contribution is 2.29. The third kappa shape index (κ3) is 3.20. The van der Waals surface area contributed by atoms with E-state index in [1.165, 1.54) is 11.3 Å². The summed E-state index contributed by atoms with van der Waals surface area (Å²) in [6.07, 6.45) is 0. The van der Waals surface area contributed by atoms with Crippen LogP contribution in [0.5, 0.6) is 0 Å². The maximum atomic E-state index is 12.0. The summed E-state index contributed by atoms with van der Waals surface area (Å²) in [5, 5.41) is 9.83. The van der Waals surface area contributed by atoms with Crippen LogP contribution in [-0.4, -0.2) is 16.1 Å². The first-order chi connectivity index (χ1) is 10.7. The van der Waals surface area contributed by atoms with E-state index < -0.39 is 0 Å². The maximum absolute atomic E-state index is 12.0. The van der Waals surface area contributed by atoms with Crippen molar-refractivity contribution in [3.05, 3.63) is 66.2 Å². The Morgan fingerprint density at radius 3 is 2.27 bits per heavy atom. The SMILES string of the molecule is CC(=O)N(Cc1ccccc1)c1nnc(-c2ccccc2)s1. The van der Waals surface area contributed by atoms with Gasteiger partial charge in [-0.25, -0.2) is 0 Å². The number of carbonyl (C=O) groups excluding carboxylic acids is 1. The molecule has 0 bridgehead atoms. The lowest BCUT2D eigenvalue weighted by molar-refractivity contribution is -0.116. The highest BCUT2D eigenvalue weighted by atomic mass is 32.1. The van der Waals surface area contributed by atoms with Crippen molar-refractivity contribution in [2.24, 2.45) is 0 Å². The number of anilines is 1. The molecule has 0 N–H and O–H groups in total. The van der Waals surface area contributed by atoms with Crippen LogP contribution < -0.4 is 4.90 Å². The number of nitrogens with zero attached hydrogens (tertiary/aromatic N) is 3. The summed E-state index contributed by atoms with van der Waals surface area (Å²) >= 11 is 1.42. The zero-order chi connectivity index (χ0) is 15.4. The van der Waals surface area contributed by atoms with Crippen LogP contribution in [0.25, 0.3) is 10.6 Å². The van der Waals surface area contributed by atoms with E-state index in [2.05, 4.69) is 10.2 Å². The highest BCUT2D eigenvalue weighted by molar-refractivity contribution is 7.18. The fourth-order valence-corrected chi connectivity index (χ4v) is 3.00. The van der Waals surface area contributed by atoms with Crippen LogP contribution in [0.4, 0.5) is 5.13 Å². The number of hydrogen-bond donors (Lipinski definition) is 0. The monoisotopic (exact) mass is 309 g/mol. The maximum Gasteiger partial charge on any atom is 0.226 e. The zero-order valence-corrected chi connectivity index (χ0v) is 13.0. The van der Waals surface area contributed by atoms with Crippen LogP contribution >= 0.6 is 11.3 Å². The van der Waals surface area contributed by atoms with Crippen molar-refractivity contribution in [2.45, 2.75) is 13.5 Å². The van der Waals surface area contributed by atoms with E-state index >= 15 is 0 Å². The van der Waals surface area contributed by atoms with Gasteiger partial charge < -0.3 is 0 Å². The lowest BCUT2D eigenvalue weighted by Crippen LogP contribution is -2.27. The van der Waals surface area contributed by atoms with Crippen molar-refractivity contribution in [3.63, 3.8) is 0 Å². The second kappa shape index (κ2) is 6.49. The Morgan fingerprint density at radius 2 is 1.64 bits per heavy atom. The minimum atomic E-state index is -0.0420. The average molecular weight is 309 g/mol. The summed E-state index contributed by atoms with van der Waals surface area (Å²) in [7, 11) is 0. The minimum Gasteiger partial charge on any atom is -0.282 e. The van der Waals surface area contributed by atoms with E-state index in [0.29, 0.717) is 11.7 Å². The Balaban J connectivity index is 1.87. The Kier molecular flexibility index (Phi) is 4.25. The van der Waals surface area contributed by atoms with Crippen LogP contribution in [0.1, 0.15) is 12.5 Å². The average Bonchev–Trinajstić information content (AvgIpc) is 3.04. The Hall–Kier alpha value is -2.53. The summed E-state index contributed by atoms with van der Waals surface area (Å²) in [5.41, 5.74) is 2.07. The zero-order valence-electron chi connectivity index (χ0n) is 12.1. The number of rotatable bonds is 4. The van der Waals surface area contributed by atoms with Gasteiger partial charge >= 0.3 is 0 Å². The van der Waals surface area contributed by atoms with E-state index in [1.54, 1.807) is 11.8 Å². The van der Waals surface area contributed by atoms with Crippen LogP contribution in [0.2, 0.25) is 0 Å². The van der Waals surface area contributed by atoms with Gasteiger partial charge in [-0.1, -0.05) is 72.0 Å². The summed E-state index contributed by atoms with van der Waals surface area (Å²) in [4.78, 5) is 13.6. The largest absolute Gasteiger partial charge is 0.282 e. The molecule has 3 aromatic rings. The second-order valence-corrected chi connectivity index (χ2v) is 5.80. The summed E-state index contributed by atoms with van der Waals surface area (Å²) in [5.74, 6) is -0.0420. The molecule has 0 fully saturated rings. The van der Waals surface area contributed by atoms with Gasteiger partial charge in [-0.2, -0.15) is 0 Å². The standard InChI is InChI=1S/C17H15N3OS/c1-13(21)20(12-14-8-4-2-5-9-14)17-19-18-16(22-17)15-10-6-3-7-11-15/h2-11H,12H2,1H3. The highest BCUT2D eigenvalue weighted by Gasteiger charge is 2.17. The second-order valence-electron chi connectivity index (χ2n) is 4.85. The van der Waals surface area contributed by atoms with Gasteiger partial charge in [0.1, 0.15) is 5.01 Å². The van der Waals surface area contributed by atoms with Crippen molar-refractivity contribution in [3.8, 4) is 10.6 Å². The molecule has 0 saturated heterocycles. The Morgan fingerprint density at radius 1 is 1.00 bits per heavy atom. The predicted octanol–water partition coefficient (Wildman–Crippen LogP) is 3.76. The Labute approximate surface area is 133 Å². The number of amides is 1. The predicted molar refractivity (Wildman–Crippen MR) is 88.7 cm³/mol. The molecule has 0 spiro atoms. The van der Waals surface area contributed by atoms with Crippen molar-refractivity contribution in [1.82, 2.24) is 10.2 Å². The van der Waals surface area contributed by atoms with Gasteiger partial charge in [-0.05, 0) is 5.56 Å². The van der Waals surface area contributed by atoms with Gasteiger partial charge in [0.2, 0.25) is 11.0 Å². The number of benzene rings is 2. The third-order valence-corrected chi connectivity index (χ3v) is 4.22. The van der Waals surface area contributed by atoms with Gasteiger partial charge in [0.15, 0.2) is 0 Å². The molecular weight excluding hydrogens is 294 g/mol. The molecule has 4 nitrogen and oxygen atoms in total. The fraction of sp³-hybridized carbons (Fsp3) is 0.118. The molecule has 5 heteroatoms. The first kappa shape index (κ1) is 14.4. The summed E-state index contributed by atoms with van der Waals surface area (Å²) in [6.45, 7) is 2.05. The van der Waals surface area contributed by atoms with E-state index in [0.717, 1.165) is 16.1 Å². The molecule has 2 aromatic carbocycles. The van der Waals surface area contributed by atoms with Gasteiger partial charge in [0.05, 0.1) is 6.54 Å². The minimum absolute atomic E-state index is 0.0420. The van der Waals surface area contributed by atoms with Gasteiger partial charge in [0, 0.05) is 12.5 Å². The molecule has 3 rings (SSSR count). The summed E-state index contributed by atoms with van der Waals surface area (Å²) < 4.78 is 0. The molecule has 1 heterocycles. The number of hydrogen-bond acceptors (Lipinski definition) is 4.